The number of alkyl halides is 8. The van der Waals surface area contributed by atoms with E-state index >= 15 is 8.78 Å². The van der Waals surface area contributed by atoms with Gasteiger partial charge in [0.1, 0.15) is 36.1 Å². The van der Waals surface area contributed by atoms with Crippen molar-refractivity contribution >= 4 is 44.3 Å². The average Bonchev–Trinajstić information content (AvgIpc) is 3.63. The van der Waals surface area contributed by atoms with E-state index in [-0.39, 0.29) is 61.0 Å². The molecule has 2 N–H and O–H groups in total. The second kappa shape index (κ2) is 15.0. The topological polar surface area (TPSA) is 124 Å². The van der Waals surface area contributed by atoms with Crippen LogP contribution < -0.4 is 10.0 Å². The zero-order valence-electron chi connectivity index (χ0n) is 31.2. The molecule has 22 heteroatoms. The zero-order valence-corrected chi connectivity index (χ0v) is 32.8. The Kier molecular flexibility index (Phi) is 10.7. The van der Waals surface area contributed by atoms with Crippen molar-refractivity contribution < 1.29 is 57.1 Å². The molecule has 0 radical (unpaired) electrons. The number of carbonyl (C=O) groups excluding carboxylic acids is 1. The van der Waals surface area contributed by atoms with Crippen molar-refractivity contribution in [3.05, 3.63) is 93.0 Å². The number of hydrogen-bond acceptors (Lipinski definition) is 6. The quantitative estimate of drug-likeness (QED) is 0.107. The summed E-state index contributed by atoms with van der Waals surface area (Å²) in [7, 11) is -4.15. The summed E-state index contributed by atoms with van der Waals surface area (Å²) < 4.78 is 171. The second-order valence-electron chi connectivity index (χ2n) is 14.8. The molecule has 1 amide bonds. The number of rotatable bonds is 10. The van der Waals surface area contributed by atoms with Gasteiger partial charge < -0.3 is 5.32 Å². The molecular weight excluding hydrogens is 860 g/mol. The first kappa shape index (κ1) is 42.8. The van der Waals surface area contributed by atoms with Gasteiger partial charge in [0.25, 0.3) is 5.92 Å². The predicted octanol–water partition coefficient (Wildman–Crippen LogP) is 8.50. The third-order valence-corrected chi connectivity index (χ3v) is 10.6. The monoisotopic (exact) mass is 889 g/mol. The van der Waals surface area contributed by atoms with Crippen LogP contribution in [0.25, 0.3) is 22.0 Å². The summed E-state index contributed by atoms with van der Waals surface area (Å²) in [4.78, 5) is 18.5. The SMILES string of the molecule is CC(C)C#Cc1ccc(-c2ccc(Cl)c3c(NS(C)(=O)=O)nn(CC(F)(F)F)c23)c(C(Cc2cc(F)cc(F)c2)NC(=O)Cn2nc(C(F)(F)F)c3c2C(F)(F)[C@@H]2C[C@H]32)n1. The van der Waals surface area contributed by atoms with Gasteiger partial charge in [-0.3, -0.25) is 18.9 Å². The lowest BCUT2D eigenvalue weighted by atomic mass is 9.93. The second-order valence-corrected chi connectivity index (χ2v) is 17.0. The highest BCUT2D eigenvalue weighted by Gasteiger charge is 2.68. The van der Waals surface area contributed by atoms with Gasteiger partial charge in [-0.05, 0) is 60.6 Å². The Morgan fingerprint density at radius 3 is 2.28 bits per heavy atom. The van der Waals surface area contributed by atoms with E-state index in [4.69, 9.17) is 11.6 Å². The molecule has 1 fully saturated rings. The maximum Gasteiger partial charge on any atom is 0.435 e. The van der Waals surface area contributed by atoms with E-state index in [0.29, 0.717) is 10.7 Å². The molecule has 318 valence electrons. The standard InChI is InChI=1S/C38H30ClF10N7O3S/c1-17(2)4-5-21-6-7-22(23-8-9-26(39)30-32(23)56(16-36(42,43)44)53-35(30)54-60(3,58)59)31(50-21)27(12-18-10-19(40)13-20(41)11-18)51-28(57)15-55-34-29(33(52-55)38(47,48)49)24-14-25(24)37(34,45)46/h6-11,13,17,24-25,27H,12,14-16H2,1-3H3,(H,51,57)(H,53,54)/t24-,25+,27?/m0/s1. The molecule has 2 aliphatic rings. The van der Waals surface area contributed by atoms with Crippen molar-refractivity contribution in [3.63, 3.8) is 0 Å². The highest BCUT2D eigenvalue weighted by molar-refractivity contribution is 7.92. The van der Waals surface area contributed by atoms with Crippen LogP contribution in [-0.4, -0.2) is 51.3 Å². The molecule has 5 aromatic rings. The molecule has 10 nitrogen and oxygen atoms in total. The van der Waals surface area contributed by atoms with Crippen LogP contribution in [0, 0.1) is 35.3 Å². The fourth-order valence-electron chi connectivity index (χ4n) is 7.43. The maximum atomic E-state index is 15.4. The summed E-state index contributed by atoms with van der Waals surface area (Å²) in [6, 6.07) is 5.98. The summed E-state index contributed by atoms with van der Waals surface area (Å²) >= 11 is 6.45. The van der Waals surface area contributed by atoms with Crippen LogP contribution in [-0.2, 0) is 46.4 Å². The molecule has 0 aliphatic heterocycles. The number of aromatic nitrogens is 5. The van der Waals surface area contributed by atoms with Crippen LogP contribution in [0.3, 0.4) is 0 Å². The van der Waals surface area contributed by atoms with Crippen molar-refractivity contribution in [2.24, 2.45) is 11.8 Å². The summed E-state index contributed by atoms with van der Waals surface area (Å²) in [6.07, 6.45) is -10.1. The molecule has 1 unspecified atom stereocenters. The lowest BCUT2D eigenvalue weighted by Gasteiger charge is -2.23. The fourth-order valence-corrected chi connectivity index (χ4v) is 8.17. The van der Waals surface area contributed by atoms with Gasteiger partial charge in [0, 0.05) is 34.6 Å². The zero-order chi connectivity index (χ0) is 43.9. The number of fused-ring (bicyclic) bond motifs is 4. The molecular formula is C38H30ClF10N7O3S. The van der Waals surface area contributed by atoms with Gasteiger partial charge in [-0.1, -0.05) is 37.4 Å². The molecule has 3 heterocycles. The smallest absolute Gasteiger partial charge is 0.346 e. The van der Waals surface area contributed by atoms with Crippen LogP contribution in [0.5, 0.6) is 0 Å². The number of sulfonamides is 1. The summed E-state index contributed by atoms with van der Waals surface area (Å²) in [6.45, 7) is 0.558. The van der Waals surface area contributed by atoms with E-state index in [2.05, 4.69) is 37.1 Å². The molecule has 60 heavy (non-hydrogen) atoms. The highest BCUT2D eigenvalue weighted by atomic mass is 35.5. The molecule has 0 saturated heterocycles. The minimum Gasteiger partial charge on any atom is -0.346 e. The molecule has 7 rings (SSSR count). The molecule has 0 spiro atoms. The van der Waals surface area contributed by atoms with Gasteiger partial charge in [-0.15, -0.1) is 0 Å². The van der Waals surface area contributed by atoms with Gasteiger partial charge >= 0.3 is 12.4 Å². The minimum atomic E-state index is -5.14. The number of halogens is 11. The molecule has 1 saturated carbocycles. The first-order valence-electron chi connectivity index (χ1n) is 17.9. The highest BCUT2D eigenvalue weighted by Crippen LogP contribution is 2.68. The van der Waals surface area contributed by atoms with E-state index in [1.807, 2.05) is 0 Å². The lowest BCUT2D eigenvalue weighted by Crippen LogP contribution is -2.35. The normalized spacial score (nSPS) is 17.6. The average molecular weight is 890 g/mol. The Morgan fingerprint density at radius 2 is 1.67 bits per heavy atom. The molecule has 0 bridgehead atoms. The van der Waals surface area contributed by atoms with E-state index in [9.17, 15) is 48.3 Å². The van der Waals surface area contributed by atoms with Crippen LogP contribution >= 0.6 is 11.6 Å². The largest absolute Gasteiger partial charge is 0.435 e. The van der Waals surface area contributed by atoms with Crippen LogP contribution in [0.2, 0.25) is 5.02 Å². The third kappa shape index (κ3) is 8.62. The summed E-state index contributed by atoms with van der Waals surface area (Å²) in [5.41, 5.74) is -4.21. The van der Waals surface area contributed by atoms with Gasteiger partial charge in [0.15, 0.2) is 11.5 Å². The Hall–Kier alpha value is -5.36. The first-order valence-corrected chi connectivity index (χ1v) is 20.1. The van der Waals surface area contributed by atoms with Crippen LogP contribution in [0.15, 0.2) is 42.5 Å². The van der Waals surface area contributed by atoms with E-state index in [1.54, 1.807) is 13.8 Å². The molecule has 3 aromatic heterocycles. The number of pyridine rings is 1. The molecule has 2 aromatic carbocycles. The minimum absolute atomic E-state index is 0.0270. The van der Waals surface area contributed by atoms with Crippen LogP contribution in [0.1, 0.15) is 66.1 Å². The van der Waals surface area contributed by atoms with Crippen molar-refractivity contribution in [3.8, 4) is 23.0 Å². The predicted molar refractivity (Wildman–Crippen MR) is 197 cm³/mol. The van der Waals surface area contributed by atoms with Crippen molar-refractivity contribution in [1.82, 2.24) is 29.9 Å². The van der Waals surface area contributed by atoms with Gasteiger partial charge in [-0.2, -0.15) is 45.3 Å². The Morgan fingerprint density at radius 1 is 1.00 bits per heavy atom. The lowest BCUT2D eigenvalue weighted by molar-refractivity contribution is -0.142. The van der Waals surface area contributed by atoms with Gasteiger partial charge in [0.05, 0.1) is 33.9 Å². The van der Waals surface area contributed by atoms with E-state index in [1.165, 1.54) is 24.3 Å². The molecule has 2 aliphatic carbocycles. The fraction of sp³-hybridized carbons (Fsp3) is 0.368. The van der Waals surface area contributed by atoms with Crippen molar-refractivity contribution in [2.45, 2.75) is 70.0 Å². The Balaban J connectivity index is 1.42. The summed E-state index contributed by atoms with van der Waals surface area (Å²) in [5, 5.41) is 9.25. The number of carbonyl (C=O) groups is 1. The Bertz CT molecular complexity index is 2720. The Labute approximate surface area is 339 Å². The van der Waals surface area contributed by atoms with Crippen LogP contribution in [0.4, 0.5) is 49.7 Å². The van der Waals surface area contributed by atoms with Crippen molar-refractivity contribution in [1.29, 1.82) is 0 Å². The van der Waals surface area contributed by atoms with Gasteiger partial charge in [0.2, 0.25) is 15.9 Å². The van der Waals surface area contributed by atoms with E-state index < -0.39 is 106 Å². The number of nitrogens with one attached hydrogen (secondary N) is 2. The van der Waals surface area contributed by atoms with Crippen molar-refractivity contribution in [2.75, 3.05) is 11.0 Å². The molecule has 3 atom stereocenters. The number of hydrogen-bond donors (Lipinski definition) is 2. The first-order chi connectivity index (χ1) is 27.8. The number of nitrogens with zero attached hydrogens (tertiary/aromatic N) is 5. The number of anilines is 1. The summed E-state index contributed by atoms with van der Waals surface area (Å²) in [5.74, 6) is -4.67. The maximum absolute atomic E-state index is 15.4. The number of benzene rings is 2. The third-order valence-electron chi connectivity index (χ3n) is 9.68. The van der Waals surface area contributed by atoms with Gasteiger partial charge in [-0.25, -0.2) is 22.2 Å². The van der Waals surface area contributed by atoms with E-state index in [0.717, 1.165) is 18.4 Å². The number of amides is 1.